The highest BCUT2D eigenvalue weighted by Crippen LogP contribution is 2.38. The summed E-state index contributed by atoms with van der Waals surface area (Å²) in [5, 5.41) is 0. The van der Waals surface area contributed by atoms with Crippen LogP contribution in [0.5, 0.6) is 5.75 Å². The normalized spacial score (nSPS) is 19.2. The van der Waals surface area contributed by atoms with Crippen molar-refractivity contribution in [2.45, 2.75) is 97.0 Å². The summed E-state index contributed by atoms with van der Waals surface area (Å²) in [6.45, 7) is 5.13. The number of rotatable bonds is 11. The molecule has 0 N–H and O–H groups in total. The highest BCUT2D eigenvalue weighted by Gasteiger charge is 2.22. The Balaban J connectivity index is 1.39. The molecule has 0 saturated heterocycles. The van der Waals surface area contributed by atoms with Crippen molar-refractivity contribution in [2.24, 2.45) is 5.92 Å². The summed E-state index contributed by atoms with van der Waals surface area (Å²) in [5.74, 6) is 2.71. The van der Waals surface area contributed by atoms with Crippen molar-refractivity contribution < 1.29 is 4.74 Å². The van der Waals surface area contributed by atoms with Gasteiger partial charge < -0.3 is 4.74 Å². The molecule has 1 aliphatic rings. The van der Waals surface area contributed by atoms with Gasteiger partial charge >= 0.3 is 0 Å². The average molecular weight is 393 g/mol. The van der Waals surface area contributed by atoms with E-state index in [1.807, 2.05) is 0 Å². The van der Waals surface area contributed by atoms with E-state index in [1.54, 1.807) is 0 Å². The van der Waals surface area contributed by atoms with E-state index >= 15 is 0 Å². The minimum atomic E-state index is 0.646. The van der Waals surface area contributed by atoms with Crippen LogP contribution in [-0.2, 0) is 13.0 Å². The second-order valence-corrected chi connectivity index (χ2v) is 8.95. The lowest BCUT2D eigenvalue weighted by molar-refractivity contribution is 0.299. The summed E-state index contributed by atoms with van der Waals surface area (Å²) in [4.78, 5) is 0. The molecule has 0 aromatic heterocycles. The van der Waals surface area contributed by atoms with E-state index in [0.29, 0.717) is 6.61 Å². The standard InChI is InChI=1S/C28H40O/c1-3-5-6-7-8-9-24-14-16-26(17-15-24)27-18-20-28(21-19-27)29-22-25-12-10-23(4-2)11-13-25/h10-13,18-21,24,26H,3-9,14-17,22H2,1-2H3/t24-,26-. The van der Waals surface area contributed by atoms with E-state index < -0.39 is 0 Å². The fourth-order valence-corrected chi connectivity index (χ4v) is 4.70. The van der Waals surface area contributed by atoms with Gasteiger partial charge in [0.1, 0.15) is 12.4 Å². The molecule has 1 aliphatic carbocycles. The monoisotopic (exact) mass is 392 g/mol. The summed E-state index contributed by atoms with van der Waals surface area (Å²) in [7, 11) is 0. The molecule has 0 unspecified atom stereocenters. The average Bonchev–Trinajstić information content (AvgIpc) is 2.79. The third-order valence-electron chi connectivity index (χ3n) is 6.75. The fraction of sp³-hybridized carbons (Fsp3) is 0.571. The second kappa shape index (κ2) is 12.1. The van der Waals surface area contributed by atoms with Crippen LogP contribution in [0.2, 0.25) is 0 Å². The van der Waals surface area contributed by atoms with E-state index in [2.05, 4.69) is 62.4 Å². The largest absolute Gasteiger partial charge is 0.489 e. The van der Waals surface area contributed by atoms with Crippen LogP contribution < -0.4 is 4.74 Å². The summed E-state index contributed by atoms with van der Waals surface area (Å²) < 4.78 is 6.00. The van der Waals surface area contributed by atoms with Gasteiger partial charge in [0.25, 0.3) is 0 Å². The highest BCUT2D eigenvalue weighted by atomic mass is 16.5. The van der Waals surface area contributed by atoms with Crippen LogP contribution in [0.1, 0.15) is 101 Å². The Bertz CT molecular complexity index is 677. The lowest BCUT2D eigenvalue weighted by Gasteiger charge is -2.29. The predicted octanol–water partition coefficient (Wildman–Crippen LogP) is 8.46. The molecule has 1 saturated carbocycles. The summed E-state index contributed by atoms with van der Waals surface area (Å²) >= 11 is 0. The Morgan fingerprint density at radius 1 is 0.724 bits per heavy atom. The van der Waals surface area contributed by atoms with Gasteiger partial charge in [-0.3, -0.25) is 0 Å². The van der Waals surface area contributed by atoms with Crippen molar-refractivity contribution in [3.63, 3.8) is 0 Å². The maximum Gasteiger partial charge on any atom is 0.119 e. The van der Waals surface area contributed by atoms with Gasteiger partial charge in [0, 0.05) is 0 Å². The van der Waals surface area contributed by atoms with E-state index in [9.17, 15) is 0 Å². The van der Waals surface area contributed by atoms with E-state index in [0.717, 1.165) is 24.0 Å². The molecule has 29 heavy (non-hydrogen) atoms. The van der Waals surface area contributed by atoms with Crippen LogP contribution in [0.25, 0.3) is 0 Å². The molecule has 1 heteroatoms. The molecule has 0 spiro atoms. The third-order valence-corrected chi connectivity index (χ3v) is 6.75. The molecular weight excluding hydrogens is 352 g/mol. The van der Waals surface area contributed by atoms with Crippen LogP contribution in [-0.4, -0.2) is 0 Å². The number of unbranched alkanes of at least 4 members (excludes halogenated alkanes) is 4. The van der Waals surface area contributed by atoms with Crippen molar-refractivity contribution in [3.8, 4) is 5.75 Å². The molecular formula is C28H40O. The van der Waals surface area contributed by atoms with Gasteiger partial charge in [0.15, 0.2) is 0 Å². The van der Waals surface area contributed by atoms with Crippen LogP contribution >= 0.6 is 0 Å². The third kappa shape index (κ3) is 7.21. The Morgan fingerprint density at radius 2 is 1.38 bits per heavy atom. The minimum absolute atomic E-state index is 0.646. The Hall–Kier alpha value is -1.76. The second-order valence-electron chi connectivity index (χ2n) is 8.95. The zero-order chi connectivity index (χ0) is 20.3. The van der Waals surface area contributed by atoms with Crippen molar-refractivity contribution in [1.82, 2.24) is 0 Å². The molecule has 0 radical (unpaired) electrons. The Kier molecular flexibility index (Phi) is 9.12. The number of aryl methyl sites for hydroxylation is 1. The smallest absolute Gasteiger partial charge is 0.119 e. The predicted molar refractivity (Wildman–Crippen MR) is 125 cm³/mol. The first-order valence-corrected chi connectivity index (χ1v) is 12.1. The molecule has 1 nitrogen and oxygen atoms in total. The molecule has 2 aromatic carbocycles. The molecule has 2 aromatic rings. The van der Waals surface area contributed by atoms with Crippen molar-refractivity contribution in [1.29, 1.82) is 0 Å². The van der Waals surface area contributed by atoms with Gasteiger partial charge in [-0.1, -0.05) is 88.8 Å². The van der Waals surface area contributed by atoms with Crippen LogP contribution in [0.4, 0.5) is 0 Å². The number of ether oxygens (including phenoxy) is 1. The van der Waals surface area contributed by atoms with Gasteiger partial charge in [-0.15, -0.1) is 0 Å². The van der Waals surface area contributed by atoms with E-state index in [-0.39, 0.29) is 0 Å². The zero-order valence-corrected chi connectivity index (χ0v) is 18.7. The zero-order valence-electron chi connectivity index (χ0n) is 18.7. The van der Waals surface area contributed by atoms with Crippen molar-refractivity contribution >= 4 is 0 Å². The molecule has 158 valence electrons. The molecule has 0 bridgehead atoms. The first-order valence-electron chi connectivity index (χ1n) is 12.1. The SMILES string of the molecule is CCCCCCC[C@H]1CC[C@H](c2ccc(OCc3ccc(CC)cc3)cc2)CC1. The molecule has 0 aliphatic heterocycles. The molecule has 0 heterocycles. The van der Waals surface area contributed by atoms with Gasteiger partial charge in [-0.25, -0.2) is 0 Å². The first kappa shape index (κ1) is 21.9. The number of hydrogen-bond acceptors (Lipinski definition) is 1. The number of benzene rings is 2. The lowest BCUT2D eigenvalue weighted by atomic mass is 9.77. The molecule has 3 rings (SSSR count). The topological polar surface area (TPSA) is 9.23 Å². The van der Waals surface area contributed by atoms with Gasteiger partial charge in [-0.05, 0) is 72.8 Å². The summed E-state index contributed by atoms with van der Waals surface area (Å²) in [5.41, 5.74) is 4.12. The Morgan fingerprint density at radius 3 is 2.03 bits per heavy atom. The van der Waals surface area contributed by atoms with Crippen LogP contribution in [0.15, 0.2) is 48.5 Å². The van der Waals surface area contributed by atoms with Crippen LogP contribution in [0, 0.1) is 5.92 Å². The van der Waals surface area contributed by atoms with E-state index in [1.165, 1.54) is 80.9 Å². The number of hydrogen-bond donors (Lipinski definition) is 0. The maximum atomic E-state index is 6.00. The van der Waals surface area contributed by atoms with Crippen molar-refractivity contribution in [3.05, 3.63) is 65.2 Å². The quantitative estimate of drug-likeness (QED) is 0.348. The van der Waals surface area contributed by atoms with Crippen molar-refractivity contribution in [2.75, 3.05) is 0 Å². The first-order chi connectivity index (χ1) is 14.3. The highest BCUT2D eigenvalue weighted by molar-refractivity contribution is 5.30. The van der Waals surface area contributed by atoms with Gasteiger partial charge in [-0.2, -0.15) is 0 Å². The minimum Gasteiger partial charge on any atom is -0.489 e. The van der Waals surface area contributed by atoms with Crippen LogP contribution in [0.3, 0.4) is 0 Å². The van der Waals surface area contributed by atoms with Gasteiger partial charge in [0.05, 0.1) is 0 Å². The summed E-state index contributed by atoms with van der Waals surface area (Å²) in [6, 6.07) is 17.7. The molecule has 0 atom stereocenters. The Labute approximate surface area is 178 Å². The van der Waals surface area contributed by atoms with Gasteiger partial charge in [0.2, 0.25) is 0 Å². The van der Waals surface area contributed by atoms with E-state index in [4.69, 9.17) is 4.74 Å². The molecule has 1 fully saturated rings. The fourth-order valence-electron chi connectivity index (χ4n) is 4.70. The summed E-state index contributed by atoms with van der Waals surface area (Å²) in [6.07, 6.45) is 15.2. The maximum absolute atomic E-state index is 6.00. The lowest BCUT2D eigenvalue weighted by Crippen LogP contribution is -2.13. The molecule has 0 amide bonds.